The Morgan fingerprint density at radius 1 is 1.14 bits per heavy atom. The fourth-order valence-electron chi connectivity index (χ4n) is 2.01. The highest BCUT2D eigenvalue weighted by molar-refractivity contribution is 9.10. The zero-order valence-corrected chi connectivity index (χ0v) is 13.3. The quantitative estimate of drug-likeness (QED) is 0.751. The van der Waals surface area contributed by atoms with Gasteiger partial charge in [-0.15, -0.1) is 0 Å². The van der Waals surface area contributed by atoms with Crippen molar-refractivity contribution in [1.29, 1.82) is 0 Å². The number of nitrogens with one attached hydrogen (secondary N) is 1. The van der Waals surface area contributed by atoms with Gasteiger partial charge < -0.3 is 5.32 Å². The van der Waals surface area contributed by atoms with E-state index < -0.39 is 0 Å². The molecule has 4 nitrogen and oxygen atoms in total. The maximum atomic E-state index is 6.29. The molecule has 0 spiro atoms. The molecule has 106 valence electrons. The average Bonchev–Trinajstić information content (AvgIpc) is 3.00. The Hall–Kier alpha value is -1.85. The van der Waals surface area contributed by atoms with Gasteiger partial charge in [-0.1, -0.05) is 45.7 Å². The average molecular weight is 364 g/mol. The van der Waals surface area contributed by atoms with E-state index >= 15 is 0 Å². The molecule has 0 saturated carbocycles. The van der Waals surface area contributed by atoms with Crippen LogP contribution in [0.1, 0.15) is 5.56 Å². The number of aromatic nitrogens is 3. The second-order valence-corrected chi connectivity index (χ2v) is 5.78. The van der Waals surface area contributed by atoms with Crippen molar-refractivity contribution in [3.05, 3.63) is 70.2 Å². The summed E-state index contributed by atoms with van der Waals surface area (Å²) in [6, 6.07) is 13.9. The van der Waals surface area contributed by atoms with Crippen LogP contribution in [-0.2, 0) is 6.54 Å². The van der Waals surface area contributed by atoms with Crippen molar-refractivity contribution in [3.63, 3.8) is 0 Å². The number of anilines is 1. The van der Waals surface area contributed by atoms with Crippen LogP contribution in [-0.4, -0.2) is 14.8 Å². The Labute approximate surface area is 135 Å². The topological polar surface area (TPSA) is 42.7 Å². The van der Waals surface area contributed by atoms with Crippen LogP contribution in [0, 0.1) is 0 Å². The number of benzene rings is 2. The van der Waals surface area contributed by atoms with Crippen LogP contribution in [0.5, 0.6) is 0 Å². The van der Waals surface area contributed by atoms with Gasteiger partial charge in [0.1, 0.15) is 18.3 Å². The van der Waals surface area contributed by atoms with Gasteiger partial charge in [-0.25, -0.2) is 9.67 Å². The molecule has 0 aliphatic rings. The Balaban J connectivity index is 1.86. The summed E-state index contributed by atoms with van der Waals surface area (Å²) in [6.07, 6.45) is 3.12. The minimum Gasteiger partial charge on any atom is -0.379 e. The molecule has 1 N–H and O–H groups in total. The highest BCUT2D eigenvalue weighted by Crippen LogP contribution is 2.28. The van der Waals surface area contributed by atoms with Crippen LogP contribution in [0.25, 0.3) is 5.69 Å². The molecule has 2 aromatic carbocycles. The fourth-order valence-corrected chi connectivity index (χ4v) is 2.54. The summed E-state index contributed by atoms with van der Waals surface area (Å²) in [4.78, 5) is 3.97. The van der Waals surface area contributed by atoms with E-state index in [-0.39, 0.29) is 0 Å². The third-order valence-electron chi connectivity index (χ3n) is 3.03. The molecule has 1 heterocycles. The van der Waals surface area contributed by atoms with Crippen molar-refractivity contribution in [1.82, 2.24) is 14.8 Å². The van der Waals surface area contributed by atoms with Crippen LogP contribution in [0.15, 0.2) is 59.6 Å². The predicted octanol–water partition coefficient (Wildman–Crippen LogP) is 4.30. The molecular formula is C15H12BrClN4. The monoisotopic (exact) mass is 362 g/mol. The highest BCUT2D eigenvalue weighted by atomic mass is 79.9. The molecule has 0 atom stereocenters. The van der Waals surface area contributed by atoms with Crippen molar-refractivity contribution in [2.75, 3.05) is 5.32 Å². The number of rotatable bonds is 4. The van der Waals surface area contributed by atoms with E-state index in [1.165, 1.54) is 11.9 Å². The summed E-state index contributed by atoms with van der Waals surface area (Å²) < 4.78 is 2.73. The molecule has 0 aliphatic heterocycles. The largest absolute Gasteiger partial charge is 0.379 e. The van der Waals surface area contributed by atoms with Crippen molar-refractivity contribution in [3.8, 4) is 5.69 Å². The Morgan fingerprint density at radius 3 is 2.67 bits per heavy atom. The number of hydrogen-bond acceptors (Lipinski definition) is 3. The normalized spacial score (nSPS) is 10.6. The number of para-hydroxylation sites is 1. The van der Waals surface area contributed by atoms with Gasteiger partial charge in [0.2, 0.25) is 0 Å². The molecule has 1 aromatic heterocycles. The third kappa shape index (κ3) is 3.25. The van der Waals surface area contributed by atoms with Gasteiger partial charge in [-0.3, -0.25) is 0 Å². The zero-order chi connectivity index (χ0) is 14.7. The summed E-state index contributed by atoms with van der Waals surface area (Å²) >= 11 is 9.72. The van der Waals surface area contributed by atoms with Crippen molar-refractivity contribution >= 4 is 33.2 Å². The molecule has 3 aromatic rings. The summed E-state index contributed by atoms with van der Waals surface area (Å²) in [6.45, 7) is 0.704. The highest BCUT2D eigenvalue weighted by Gasteiger charge is 2.09. The number of nitrogens with zero attached hydrogens (tertiary/aromatic N) is 3. The second-order valence-electron chi connectivity index (χ2n) is 4.46. The van der Waals surface area contributed by atoms with Crippen LogP contribution < -0.4 is 5.32 Å². The number of hydrogen-bond donors (Lipinski definition) is 1. The van der Waals surface area contributed by atoms with Gasteiger partial charge >= 0.3 is 0 Å². The van der Waals surface area contributed by atoms with Gasteiger partial charge in [0.05, 0.1) is 10.7 Å². The minimum absolute atomic E-state index is 0.626. The van der Waals surface area contributed by atoms with E-state index in [1.807, 2.05) is 30.3 Å². The molecular weight excluding hydrogens is 352 g/mol. The molecule has 0 saturated heterocycles. The zero-order valence-electron chi connectivity index (χ0n) is 11.0. The first-order valence-electron chi connectivity index (χ1n) is 6.36. The van der Waals surface area contributed by atoms with Crippen LogP contribution >= 0.6 is 27.5 Å². The molecule has 3 rings (SSSR count). The maximum Gasteiger partial charge on any atom is 0.138 e. The summed E-state index contributed by atoms with van der Waals surface area (Å²) in [7, 11) is 0. The third-order valence-corrected chi connectivity index (χ3v) is 3.86. The van der Waals surface area contributed by atoms with E-state index in [0.717, 1.165) is 15.8 Å². The van der Waals surface area contributed by atoms with E-state index in [0.29, 0.717) is 11.6 Å². The van der Waals surface area contributed by atoms with Gasteiger partial charge in [-0.2, -0.15) is 5.10 Å². The Bertz CT molecular complexity index is 726. The molecule has 0 amide bonds. The summed E-state index contributed by atoms with van der Waals surface area (Å²) in [5, 5.41) is 8.17. The van der Waals surface area contributed by atoms with E-state index in [2.05, 4.69) is 43.5 Å². The van der Waals surface area contributed by atoms with Gasteiger partial charge in [0, 0.05) is 11.0 Å². The first kappa shape index (κ1) is 14.1. The van der Waals surface area contributed by atoms with Gasteiger partial charge in [0.15, 0.2) is 0 Å². The van der Waals surface area contributed by atoms with E-state index in [9.17, 15) is 0 Å². The second kappa shape index (κ2) is 6.28. The van der Waals surface area contributed by atoms with Crippen LogP contribution in [0.2, 0.25) is 5.02 Å². The lowest BCUT2D eigenvalue weighted by Gasteiger charge is -2.13. The van der Waals surface area contributed by atoms with Gasteiger partial charge in [0.25, 0.3) is 0 Å². The van der Waals surface area contributed by atoms with Crippen LogP contribution in [0.4, 0.5) is 5.69 Å². The summed E-state index contributed by atoms with van der Waals surface area (Å²) in [5.41, 5.74) is 2.90. The van der Waals surface area contributed by atoms with Crippen LogP contribution in [0.3, 0.4) is 0 Å². The predicted molar refractivity (Wildman–Crippen MR) is 87.8 cm³/mol. The maximum absolute atomic E-state index is 6.29. The minimum atomic E-state index is 0.626. The van der Waals surface area contributed by atoms with E-state index in [4.69, 9.17) is 11.6 Å². The standard InChI is InChI=1S/C15H12BrClN4/c16-12-6-4-11(5-7-12)8-19-14-3-1-2-13(17)15(14)21-10-18-9-20-21/h1-7,9-10,19H,8H2. The Kier molecular flexibility index (Phi) is 4.22. The SMILES string of the molecule is Clc1cccc(NCc2ccc(Br)cc2)c1-n1cncn1. The van der Waals surface area contributed by atoms with Crippen molar-refractivity contribution < 1.29 is 0 Å². The first-order valence-corrected chi connectivity index (χ1v) is 7.53. The molecule has 6 heteroatoms. The molecule has 0 fully saturated rings. The molecule has 0 aliphatic carbocycles. The smallest absolute Gasteiger partial charge is 0.138 e. The number of halogens is 2. The fraction of sp³-hybridized carbons (Fsp3) is 0.0667. The molecule has 21 heavy (non-hydrogen) atoms. The van der Waals surface area contributed by atoms with Gasteiger partial charge in [-0.05, 0) is 29.8 Å². The molecule has 0 bridgehead atoms. The lowest BCUT2D eigenvalue weighted by molar-refractivity contribution is 0.878. The van der Waals surface area contributed by atoms with Crippen molar-refractivity contribution in [2.24, 2.45) is 0 Å². The lowest BCUT2D eigenvalue weighted by Crippen LogP contribution is -2.05. The van der Waals surface area contributed by atoms with E-state index in [1.54, 1.807) is 11.0 Å². The summed E-state index contributed by atoms with van der Waals surface area (Å²) in [5.74, 6) is 0. The molecule has 0 unspecified atom stereocenters. The Morgan fingerprint density at radius 2 is 1.95 bits per heavy atom. The van der Waals surface area contributed by atoms with Crippen molar-refractivity contribution in [2.45, 2.75) is 6.54 Å². The molecule has 0 radical (unpaired) electrons. The first-order chi connectivity index (χ1) is 10.2. The lowest BCUT2D eigenvalue weighted by atomic mass is 10.2.